The lowest BCUT2D eigenvalue weighted by Crippen LogP contribution is -2.44. The lowest BCUT2D eigenvalue weighted by atomic mass is 10.2. The highest BCUT2D eigenvalue weighted by atomic mass is 16.2. The first kappa shape index (κ1) is 19.2. The standard InChI is InChI=1S/C20H29N5O2/c1-2-21-20(23-15-19(27)24-11-3-4-12-24)22-14-16-7-9-17(10-8-16)25-13-5-6-18(25)26/h7-10H,2-6,11-15H2,1H3,(H2,21,22,23). The first-order valence-electron chi connectivity index (χ1n) is 9.86. The van der Waals surface area contributed by atoms with Gasteiger partial charge < -0.3 is 20.4 Å². The number of amides is 2. The van der Waals surface area contributed by atoms with Crippen LogP contribution in [0, 0.1) is 0 Å². The molecule has 2 aliphatic rings. The monoisotopic (exact) mass is 371 g/mol. The van der Waals surface area contributed by atoms with Gasteiger partial charge in [0.25, 0.3) is 0 Å². The molecule has 3 rings (SSSR count). The Balaban J connectivity index is 1.54. The van der Waals surface area contributed by atoms with Crippen molar-refractivity contribution in [2.24, 2.45) is 4.99 Å². The Morgan fingerprint density at radius 3 is 2.44 bits per heavy atom. The largest absolute Gasteiger partial charge is 0.357 e. The molecule has 2 aliphatic heterocycles. The second kappa shape index (κ2) is 9.39. The molecule has 0 radical (unpaired) electrons. The Morgan fingerprint density at radius 1 is 1.07 bits per heavy atom. The molecule has 0 aliphatic carbocycles. The van der Waals surface area contributed by atoms with Crippen molar-refractivity contribution in [3.8, 4) is 0 Å². The topological polar surface area (TPSA) is 77.0 Å². The van der Waals surface area contributed by atoms with Crippen LogP contribution in [-0.4, -0.2) is 55.4 Å². The molecule has 0 bridgehead atoms. The summed E-state index contributed by atoms with van der Waals surface area (Å²) in [5, 5.41) is 6.30. The van der Waals surface area contributed by atoms with E-state index < -0.39 is 0 Å². The highest BCUT2D eigenvalue weighted by molar-refractivity contribution is 5.95. The van der Waals surface area contributed by atoms with Gasteiger partial charge in [-0.25, -0.2) is 4.99 Å². The zero-order valence-electron chi connectivity index (χ0n) is 16.0. The number of nitrogens with one attached hydrogen (secondary N) is 2. The van der Waals surface area contributed by atoms with Crippen LogP contribution in [-0.2, 0) is 16.1 Å². The first-order valence-corrected chi connectivity index (χ1v) is 9.86. The van der Waals surface area contributed by atoms with Gasteiger partial charge in [0.05, 0.1) is 13.1 Å². The fourth-order valence-electron chi connectivity index (χ4n) is 3.45. The molecule has 0 saturated carbocycles. The fraction of sp³-hybridized carbons (Fsp3) is 0.550. The summed E-state index contributed by atoms with van der Waals surface area (Å²) in [6, 6.07) is 7.96. The number of carbonyl (C=O) groups excluding carboxylic acids is 2. The van der Waals surface area contributed by atoms with Crippen LogP contribution in [0.25, 0.3) is 0 Å². The number of hydrogen-bond acceptors (Lipinski definition) is 3. The summed E-state index contributed by atoms with van der Waals surface area (Å²) in [6.07, 6.45) is 3.76. The maximum Gasteiger partial charge on any atom is 0.241 e. The fourth-order valence-corrected chi connectivity index (χ4v) is 3.45. The summed E-state index contributed by atoms with van der Waals surface area (Å²) in [6.45, 7) is 6.04. The zero-order chi connectivity index (χ0) is 19.1. The van der Waals surface area contributed by atoms with E-state index in [0.717, 1.165) is 56.7 Å². The molecule has 0 unspecified atom stereocenters. The number of carbonyl (C=O) groups is 2. The smallest absolute Gasteiger partial charge is 0.241 e. The Bertz CT molecular complexity index is 680. The third kappa shape index (κ3) is 5.21. The number of benzene rings is 1. The van der Waals surface area contributed by atoms with Gasteiger partial charge >= 0.3 is 0 Å². The predicted octanol–water partition coefficient (Wildman–Crippen LogP) is 1.49. The van der Waals surface area contributed by atoms with E-state index in [0.29, 0.717) is 18.9 Å². The van der Waals surface area contributed by atoms with E-state index in [4.69, 9.17) is 0 Å². The molecule has 2 saturated heterocycles. The summed E-state index contributed by atoms with van der Waals surface area (Å²) in [5.41, 5.74) is 2.01. The van der Waals surface area contributed by atoms with Crippen LogP contribution >= 0.6 is 0 Å². The number of anilines is 1. The maximum absolute atomic E-state index is 12.2. The van der Waals surface area contributed by atoms with Gasteiger partial charge in [-0.15, -0.1) is 0 Å². The van der Waals surface area contributed by atoms with Crippen LogP contribution in [0.2, 0.25) is 0 Å². The van der Waals surface area contributed by atoms with Crippen molar-refractivity contribution < 1.29 is 9.59 Å². The Morgan fingerprint density at radius 2 is 1.81 bits per heavy atom. The Kier molecular flexibility index (Phi) is 6.68. The van der Waals surface area contributed by atoms with Gasteiger partial charge in [-0.05, 0) is 43.9 Å². The van der Waals surface area contributed by atoms with Gasteiger partial charge in [-0.3, -0.25) is 9.59 Å². The van der Waals surface area contributed by atoms with Crippen molar-refractivity contribution in [3.63, 3.8) is 0 Å². The van der Waals surface area contributed by atoms with Gasteiger partial charge in [0.15, 0.2) is 5.96 Å². The summed E-state index contributed by atoms with van der Waals surface area (Å²) < 4.78 is 0. The SMILES string of the molecule is CCNC(=NCc1ccc(N2CCCC2=O)cc1)NCC(=O)N1CCCC1. The van der Waals surface area contributed by atoms with E-state index in [9.17, 15) is 9.59 Å². The summed E-state index contributed by atoms with van der Waals surface area (Å²) in [7, 11) is 0. The normalized spacial score (nSPS) is 17.5. The molecule has 2 amide bonds. The van der Waals surface area contributed by atoms with E-state index in [-0.39, 0.29) is 18.4 Å². The maximum atomic E-state index is 12.2. The van der Waals surface area contributed by atoms with Crippen molar-refractivity contribution in [2.75, 3.05) is 37.6 Å². The molecule has 2 fully saturated rings. The van der Waals surface area contributed by atoms with Crippen LogP contribution < -0.4 is 15.5 Å². The molecule has 146 valence electrons. The van der Waals surface area contributed by atoms with Crippen LogP contribution in [0.3, 0.4) is 0 Å². The van der Waals surface area contributed by atoms with Crippen molar-refractivity contribution in [2.45, 2.75) is 39.2 Å². The Hall–Kier alpha value is -2.57. The van der Waals surface area contributed by atoms with E-state index in [1.165, 1.54) is 0 Å². The van der Waals surface area contributed by atoms with Gasteiger partial charge in [-0.2, -0.15) is 0 Å². The van der Waals surface area contributed by atoms with Gasteiger partial charge in [0.2, 0.25) is 11.8 Å². The molecule has 7 nitrogen and oxygen atoms in total. The van der Waals surface area contributed by atoms with Crippen LogP contribution in [0.1, 0.15) is 38.2 Å². The summed E-state index contributed by atoms with van der Waals surface area (Å²) in [5.74, 6) is 0.962. The average Bonchev–Trinajstić information content (AvgIpc) is 3.36. The van der Waals surface area contributed by atoms with Crippen molar-refractivity contribution in [1.29, 1.82) is 0 Å². The van der Waals surface area contributed by atoms with Gasteiger partial charge in [-0.1, -0.05) is 12.1 Å². The number of guanidine groups is 1. The quantitative estimate of drug-likeness (QED) is 0.587. The summed E-state index contributed by atoms with van der Waals surface area (Å²) in [4.78, 5) is 32.3. The molecule has 0 aromatic heterocycles. The first-order chi connectivity index (χ1) is 13.2. The zero-order valence-corrected chi connectivity index (χ0v) is 16.0. The molecular weight excluding hydrogens is 342 g/mol. The minimum Gasteiger partial charge on any atom is -0.357 e. The van der Waals surface area contributed by atoms with E-state index in [1.54, 1.807) is 0 Å². The van der Waals surface area contributed by atoms with Crippen molar-refractivity contribution >= 4 is 23.5 Å². The molecule has 7 heteroatoms. The lowest BCUT2D eigenvalue weighted by molar-refractivity contribution is -0.128. The number of hydrogen-bond donors (Lipinski definition) is 2. The minimum absolute atomic E-state index is 0.123. The van der Waals surface area contributed by atoms with Crippen molar-refractivity contribution in [1.82, 2.24) is 15.5 Å². The van der Waals surface area contributed by atoms with Gasteiger partial charge in [0.1, 0.15) is 0 Å². The lowest BCUT2D eigenvalue weighted by Gasteiger charge is -2.17. The predicted molar refractivity (Wildman–Crippen MR) is 107 cm³/mol. The van der Waals surface area contributed by atoms with E-state index >= 15 is 0 Å². The average molecular weight is 371 g/mol. The number of rotatable bonds is 6. The van der Waals surface area contributed by atoms with Crippen LogP contribution in [0.5, 0.6) is 0 Å². The molecule has 0 atom stereocenters. The second-order valence-electron chi connectivity index (χ2n) is 6.95. The van der Waals surface area contributed by atoms with E-state index in [2.05, 4.69) is 15.6 Å². The third-order valence-electron chi connectivity index (χ3n) is 4.95. The number of nitrogens with zero attached hydrogens (tertiary/aromatic N) is 3. The van der Waals surface area contributed by atoms with Crippen LogP contribution in [0.4, 0.5) is 5.69 Å². The second-order valence-corrected chi connectivity index (χ2v) is 6.95. The number of aliphatic imine (C=N–C) groups is 1. The Labute approximate surface area is 160 Å². The van der Waals surface area contributed by atoms with Crippen molar-refractivity contribution in [3.05, 3.63) is 29.8 Å². The minimum atomic E-state index is 0.123. The van der Waals surface area contributed by atoms with Gasteiger partial charge in [0, 0.05) is 38.3 Å². The highest BCUT2D eigenvalue weighted by Crippen LogP contribution is 2.21. The summed E-state index contributed by atoms with van der Waals surface area (Å²) >= 11 is 0. The molecule has 2 heterocycles. The molecule has 2 N–H and O–H groups in total. The molecule has 0 spiro atoms. The molecule has 1 aromatic rings. The van der Waals surface area contributed by atoms with E-state index in [1.807, 2.05) is 41.0 Å². The highest BCUT2D eigenvalue weighted by Gasteiger charge is 2.21. The molecular formula is C20H29N5O2. The number of likely N-dealkylation sites (tertiary alicyclic amines) is 1. The third-order valence-corrected chi connectivity index (χ3v) is 4.95. The van der Waals surface area contributed by atoms with Crippen LogP contribution in [0.15, 0.2) is 29.3 Å². The molecule has 27 heavy (non-hydrogen) atoms. The molecule has 1 aromatic carbocycles.